The first kappa shape index (κ1) is 43.9. The van der Waals surface area contributed by atoms with Crippen LogP contribution in [0.5, 0.6) is 11.5 Å². The van der Waals surface area contributed by atoms with Gasteiger partial charge >= 0.3 is 0 Å². The van der Waals surface area contributed by atoms with Crippen LogP contribution in [0.15, 0.2) is 134 Å². The van der Waals surface area contributed by atoms with Gasteiger partial charge in [-0.05, 0) is 73.1 Å². The zero-order valence-corrected chi connectivity index (χ0v) is 41.6. The molecule has 0 saturated carbocycles. The molecular formula is C58H59N4OPt-. The molecule has 0 amide bonds. The molecule has 2 aliphatic rings. The van der Waals surface area contributed by atoms with Crippen molar-refractivity contribution < 1.29 is 25.8 Å². The average molecular weight is 1020 g/mol. The fourth-order valence-electron chi connectivity index (χ4n) is 9.48. The van der Waals surface area contributed by atoms with E-state index in [4.69, 9.17) is 9.72 Å². The predicted molar refractivity (Wildman–Crippen MR) is 263 cm³/mol. The number of hydrogen-bond donors (Lipinski definition) is 0. The van der Waals surface area contributed by atoms with E-state index in [0.29, 0.717) is 20.7 Å². The van der Waals surface area contributed by atoms with E-state index in [9.17, 15) is 0 Å². The smallest absolute Gasteiger partial charge is 0.225 e. The molecule has 0 aliphatic carbocycles. The molecule has 2 aromatic heterocycles. The molecule has 0 radical (unpaired) electrons. The molecule has 6 aromatic carbocycles. The molecule has 1 unspecified atom stereocenters. The molecule has 2 atom stereocenters. The summed E-state index contributed by atoms with van der Waals surface area (Å²) < 4.78 is 10.3. The van der Waals surface area contributed by atoms with Crippen LogP contribution < -0.4 is 13.9 Å². The topological polar surface area (TPSA) is 27.1 Å². The van der Waals surface area contributed by atoms with Crippen LogP contribution in [0.4, 0.5) is 22.7 Å². The predicted octanol–water partition coefficient (Wildman–Crippen LogP) is 15.8. The zero-order chi connectivity index (χ0) is 44.5. The number of quaternary nitrogens is 2. The van der Waals surface area contributed by atoms with Crippen LogP contribution in [0.2, 0.25) is 0 Å². The summed E-state index contributed by atoms with van der Waals surface area (Å²) in [7, 11) is 0. The van der Waals surface area contributed by atoms with Gasteiger partial charge in [-0.15, -0.1) is 35.2 Å². The fourth-order valence-corrected chi connectivity index (χ4v) is 9.48. The van der Waals surface area contributed by atoms with Crippen molar-refractivity contribution in [1.82, 2.24) is 18.7 Å². The number of para-hydroxylation sites is 2. The van der Waals surface area contributed by atoms with Crippen LogP contribution >= 0.6 is 0 Å². The Kier molecular flexibility index (Phi) is 10.2. The number of aromatic nitrogens is 2. The van der Waals surface area contributed by atoms with Crippen molar-refractivity contribution in [2.75, 3.05) is 0 Å². The SMILES string of the molecule is CC(C)(C)c1cc(Oc2[c-]c3c(cc2)c2cc(C(C)(C)C)ccc2n3-c2cc(C(C)(C)C)ccn2)[c-]c([N+]23[CH-][N@+]2(c2cc(-c4ccccc4)cc(C(C)(C)C)c2)c2ccccc23)c1.[Pt]. The van der Waals surface area contributed by atoms with Gasteiger partial charge < -0.3 is 9.30 Å². The molecule has 0 N–H and O–H groups in total. The average Bonchev–Trinajstić information content (AvgIpc) is 3.73. The maximum Gasteiger partial charge on any atom is 0.225 e. The quantitative estimate of drug-likeness (QED) is 0.0943. The van der Waals surface area contributed by atoms with Gasteiger partial charge in [0.25, 0.3) is 0 Å². The third kappa shape index (κ3) is 6.98. The number of pyridine rings is 1. The number of ether oxygens (including phenoxy) is 1. The van der Waals surface area contributed by atoms with Crippen LogP contribution in [-0.4, -0.2) is 9.55 Å². The van der Waals surface area contributed by atoms with Gasteiger partial charge in [0, 0.05) is 68.5 Å². The Morgan fingerprint density at radius 1 is 0.516 bits per heavy atom. The van der Waals surface area contributed by atoms with Gasteiger partial charge in [0.2, 0.25) is 11.4 Å². The van der Waals surface area contributed by atoms with Crippen molar-refractivity contribution in [2.24, 2.45) is 0 Å². The van der Waals surface area contributed by atoms with E-state index >= 15 is 0 Å². The van der Waals surface area contributed by atoms with E-state index < -0.39 is 0 Å². The van der Waals surface area contributed by atoms with Gasteiger partial charge in [-0.3, -0.25) is 0 Å². The summed E-state index contributed by atoms with van der Waals surface area (Å²) in [6.07, 6.45) is 1.93. The van der Waals surface area contributed by atoms with Gasteiger partial charge in [0.15, 0.2) is 12.4 Å². The van der Waals surface area contributed by atoms with Crippen molar-refractivity contribution in [1.29, 1.82) is 0 Å². The Morgan fingerprint density at radius 3 is 1.81 bits per heavy atom. The number of hydrogen-bond acceptors (Lipinski definition) is 2. The first-order valence-corrected chi connectivity index (χ1v) is 22.4. The van der Waals surface area contributed by atoms with E-state index in [1.54, 1.807) is 0 Å². The maximum atomic E-state index is 6.98. The van der Waals surface area contributed by atoms with E-state index in [1.165, 1.54) is 55.8 Å². The molecule has 5 nitrogen and oxygen atoms in total. The Morgan fingerprint density at radius 2 is 1.14 bits per heavy atom. The van der Waals surface area contributed by atoms with E-state index in [2.05, 4.69) is 234 Å². The molecular weight excluding hydrogens is 964 g/mol. The molecule has 10 rings (SSSR count). The standard InChI is InChI=1S/C58H59N4O.Pt/c1-55(2,3)40-22-25-50-49(33-40)48-24-23-46(36-51(48)60(50)54-34-41(26-27-59-54)56(4,5)6)63-47-32-43(58(10,11)12)31-45(35-47)62-37-61(62,52-20-16-17-21-53(52)62)44-29-39(38-18-14-13-15-19-38)28-42(30-44)57(7,8)9;/h13-34,37H,1-12H3;/q-1;/t61-,62?;/m0./s1. The molecule has 2 aliphatic heterocycles. The van der Waals surface area contributed by atoms with Crippen molar-refractivity contribution in [3.05, 3.63) is 175 Å². The Hall–Kier alpha value is -5.32. The second-order valence-corrected chi connectivity index (χ2v) is 21.9. The van der Waals surface area contributed by atoms with Crippen molar-refractivity contribution in [2.45, 2.75) is 105 Å². The molecule has 0 spiro atoms. The van der Waals surface area contributed by atoms with E-state index in [0.717, 1.165) is 27.9 Å². The zero-order valence-electron chi connectivity index (χ0n) is 39.3. The fraction of sp³-hybridized carbons (Fsp3) is 0.276. The molecule has 1 fully saturated rings. The van der Waals surface area contributed by atoms with Gasteiger partial charge in [-0.2, -0.15) is 10.7 Å². The second-order valence-electron chi connectivity index (χ2n) is 21.9. The van der Waals surface area contributed by atoms with Gasteiger partial charge in [-0.25, -0.2) is 9.58 Å². The molecule has 4 heterocycles. The number of rotatable bonds is 6. The van der Waals surface area contributed by atoms with Crippen molar-refractivity contribution in [3.63, 3.8) is 0 Å². The van der Waals surface area contributed by atoms with Crippen LogP contribution in [0.1, 0.15) is 105 Å². The monoisotopic (exact) mass is 1020 g/mol. The van der Waals surface area contributed by atoms with Gasteiger partial charge in [0.1, 0.15) is 5.82 Å². The Bertz CT molecular complexity index is 3120. The molecule has 64 heavy (non-hydrogen) atoms. The summed E-state index contributed by atoms with van der Waals surface area (Å²) in [5.74, 6) is 2.17. The van der Waals surface area contributed by atoms with Crippen LogP contribution in [0.25, 0.3) is 38.8 Å². The molecule has 1 saturated heterocycles. The number of benzene rings is 6. The van der Waals surface area contributed by atoms with Crippen molar-refractivity contribution in [3.8, 4) is 28.4 Å². The molecule has 0 bridgehead atoms. The number of nitrogens with zero attached hydrogens (tertiary/aromatic N) is 4. The first-order chi connectivity index (χ1) is 29.7. The largest absolute Gasteiger partial charge is 0.509 e. The normalized spacial score (nSPS) is 18.2. The Labute approximate surface area is 394 Å². The summed E-state index contributed by atoms with van der Waals surface area (Å²) in [6.45, 7) is 29.7. The van der Waals surface area contributed by atoms with Crippen LogP contribution in [0.3, 0.4) is 0 Å². The maximum absolute atomic E-state index is 6.98. The van der Waals surface area contributed by atoms with Gasteiger partial charge in [0.05, 0.1) is 5.69 Å². The van der Waals surface area contributed by atoms with Crippen LogP contribution in [0, 0.1) is 18.8 Å². The third-order valence-electron chi connectivity index (χ3n) is 13.3. The summed E-state index contributed by atoms with van der Waals surface area (Å²) in [4.78, 5) is 4.96. The van der Waals surface area contributed by atoms with Crippen LogP contribution in [-0.2, 0) is 42.7 Å². The minimum atomic E-state index is -0.155. The Balaban J connectivity index is 0.00000518. The van der Waals surface area contributed by atoms with Crippen molar-refractivity contribution >= 4 is 44.6 Å². The molecule has 8 aromatic rings. The minimum Gasteiger partial charge on any atom is -0.509 e. The third-order valence-corrected chi connectivity index (χ3v) is 13.3. The summed E-state index contributed by atoms with van der Waals surface area (Å²) in [5.41, 5.74) is 14.1. The number of fused-ring (bicyclic) bond motifs is 7. The summed E-state index contributed by atoms with van der Waals surface area (Å²) >= 11 is 0. The summed E-state index contributed by atoms with van der Waals surface area (Å²) in [5, 5.41) is 2.29. The van der Waals surface area contributed by atoms with E-state index in [-0.39, 0.29) is 42.7 Å². The minimum absolute atomic E-state index is 0. The molecule has 6 heteroatoms. The second kappa shape index (κ2) is 14.9. The van der Waals surface area contributed by atoms with Gasteiger partial charge in [-0.1, -0.05) is 155 Å². The summed E-state index contributed by atoms with van der Waals surface area (Å²) in [6, 6.07) is 54.4. The first-order valence-electron chi connectivity index (χ1n) is 22.4. The van der Waals surface area contributed by atoms with E-state index in [1.807, 2.05) is 6.20 Å². The molecule has 328 valence electrons.